The molecule has 0 N–H and O–H groups in total. The van der Waals surface area contributed by atoms with Crippen molar-refractivity contribution >= 4 is 25.4 Å². The molecule has 0 aromatic heterocycles. The van der Waals surface area contributed by atoms with E-state index in [4.69, 9.17) is 23.3 Å². The van der Waals surface area contributed by atoms with E-state index in [0.29, 0.717) is 5.56 Å². The largest absolute Gasteiger partial charge is 0.463 e. The van der Waals surface area contributed by atoms with E-state index in [1.165, 1.54) is 0 Å². The second-order valence-electron chi connectivity index (χ2n) is 5.43. The van der Waals surface area contributed by atoms with Gasteiger partial charge in [-0.15, -0.1) is 0 Å². The van der Waals surface area contributed by atoms with E-state index in [1.54, 1.807) is 44.2 Å². The fraction of sp³-hybridized carbons (Fsp3) is 0.389. The van der Waals surface area contributed by atoms with Gasteiger partial charge in [-0.05, 0) is 26.0 Å². The van der Waals surface area contributed by atoms with Gasteiger partial charge in [0.05, 0.1) is 19.0 Å². The lowest BCUT2D eigenvalue weighted by Gasteiger charge is -2.22. The predicted octanol–water partition coefficient (Wildman–Crippen LogP) is 2.66. The quantitative estimate of drug-likeness (QED) is 0.365. The lowest BCUT2D eigenvalue weighted by Crippen LogP contribution is -2.47. The van der Waals surface area contributed by atoms with Crippen molar-refractivity contribution in [3.05, 3.63) is 47.5 Å². The predicted molar refractivity (Wildman–Crippen MR) is 99.8 cm³/mol. The number of benzene rings is 1. The first-order valence-corrected chi connectivity index (χ1v) is 10.1. The molecule has 1 aromatic rings. The Morgan fingerprint density at radius 2 is 1.61 bits per heavy atom. The summed E-state index contributed by atoms with van der Waals surface area (Å²) in [5.74, 6) is -1.52. The zero-order valence-corrected chi connectivity index (χ0v) is 16.9. The summed E-state index contributed by atoms with van der Waals surface area (Å²) in [4.78, 5) is 29.8. The van der Waals surface area contributed by atoms with Crippen molar-refractivity contribution < 1.29 is 37.4 Å². The van der Waals surface area contributed by atoms with Gasteiger partial charge in [-0.3, -0.25) is 4.57 Å². The van der Waals surface area contributed by atoms with Crippen LogP contribution in [-0.4, -0.2) is 50.8 Å². The van der Waals surface area contributed by atoms with Crippen LogP contribution in [0.1, 0.15) is 19.4 Å². The highest BCUT2D eigenvalue weighted by atomic mass is 31.2. The molecule has 2 rings (SSSR count). The van der Waals surface area contributed by atoms with Crippen LogP contribution in [0.3, 0.4) is 0 Å². The first kappa shape index (κ1) is 21.8. The molecule has 1 heterocycles. The van der Waals surface area contributed by atoms with Crippen molar-refractivity contribution in [2.45, 2.75) is 19.4 Å². The molecule has 0 saturated heterocycles. The maximum absolute atomic E-state index is 12.8. The third-order valence-electron chi connectivity index (χ3n) is 3.78. The second kappa shape index (κ2) is 9.14. The summed E-state index contributed by atoms with van der Waals surface area (Å²) in [6.45, 7) is 3.12. The van der Waals surface area contributed by atoms with E-state index < -0.39 is 25.1 Å². The molecule has 10 heteroatoms. The van der Waals surface area contributed by atoms with E-state index in [-0.39, 0.29) is 24.9 Å². The van der Waals surface area contributed by atoms with E-state index in [0.717, 1.165) is 20.0 Å². The van der Waals surface area contributed by atoms with Crippen LogP contribution in [0.5, 0.6) is 0 Å². The van der Waals surface area contributed by atoms with E-state index >= 15 is 0 Å². The first-order valence-electron chi connectivity index (χ1n) is 8.49. The highest BCUT2D eigenvalue weighted by molar-refractivity contribution is 7.57. The van der Waals surface area contributed by atoms with Gasteiger partial charge in [-0.1, -0.05) is 18.2 Å². The SMILES string of the molecule is CCOC(=O)C1(C(=O)OCC)N=C(c2ccccc2)O/C1=C\P(=O)(OC)OC. The molecular formula is C18H22NO8P. The van der Waals surface area contributed by atoms with Crippen molar-refractivity contribution in [3.8, 4) is 0 Å². The number of hydrogen-bond acceptors (Lipinski definition) is 9. The number of aliphatic imine (C=N–C) groups is 1. The van der Waals surface area contributed by atoms with Gasteiger partial charge in [0, 0.05) is 19.8 Å². The van der Waals surface area contributed by atoms with E-state index in [1.807, 2.05) is 0 Å². The fourth-order valence-electron chi connectivity index (χ4n) is 2.40. The van der Waals surface area contributed by atoms with Crippen LogP contribution in [-0.2, 0) is 37.4 Å². The van der Waals surface area contributed by atoms with Crippen LogP contribution in [0.25, 0.3) is 0 Å². The Balaban J connectivity index is 2.71. The number of hydrogen-bond donors (Lipinski definition) is 0. The summed E-state index contributed by atoms with van der Waals surface area (Å²) in [6.07, 6.45) is 0. The van der Waals surface area contributed by atoms with Crippen molar-refractivity contribution in [1.29, 1.82) is 0 Å². The van der Waals surface area contributed by atoms with Crippen LogP contribution < -0.4 is 0 Å². The van der Waals surface area contributed by atoms with E-state index in [2.05, 4.69) is 4.99 Å². The molecule has 0 aliphatic carbocycles. The highest BCUT2D eigenvalue weighted by Gasteiger charge is 2.59. The minimum Gasteiger partial charge on any atom is -0.463 e. The van der Waals surface area contributed by atoms with Gasteiger partial charge >= 0.3 is 25.1 Å². The number of ether oxygens (including phenoxy) is 3. The van der Waals surface area contributed by atoms with Crippen molar-refractivity contribution in [1.82, 2.24) is 0 Å². The summed E-state index contributed by atoms with van der Waals surface area (Å²) < 4.78 is 38.2. The van der Waals surface area contributed by atoms with E-state index in [9.17, 15) is 14.2 Å². The molecule has 0 radical (unpaired) electrons. The Morgan fingerprint density at radius 1 is 1.07 bits per heavy atom. The van der Waals surface area contributed by atoms with Crippen molar-refractivity contribution in [3.63, 3.8) is 0 Å². The average molecular weight is 411 g/mol. The van der Waals surface area contributed by atoms with Gasteiger partial charge in [0.15, 0.2) is 5.76 Å². The molecule has 0 spiro atoms. The number of esters is 2. The molecule has 0 bridgehead atoms. The Hall–Kier alpha value is -2.48. The normalized spacial score (nSPS) is 17.0. The summed E-state index contributed by atoms with van der Waals surface area (Å²) in [5.41, 5.74) is -1.82. The Bertz CT molecular complexity index is 807. The summed E-state index contributed by atoms with van der Waals surface area (Å²) in [7, 11) is -1.50. The van der Waals surface area contributed by atoms with Crippen LogP contribution >= 0.6 is 7.60 Å². The van der Waals surface area contributed by atoms with Gasteiger partial charge in [0.2, 0.25) is 5.90 Å². The van der Waals surface area contributed by atoms with Gasteiger partial charge in [0.25, 0.3) is 0 Å². The first-order chi connectivity index (χ1) is 13.4. The molecule has 1 aliphatic rings. The number of carbonyl (C=O) groups is 2. The minimum atomic E-state index is -3.82. The maximum atomic E-state index is 12.8. The molecule has 1 aliphatic heterocycles. The van der Waals surface area contributed by atoms with Gasteiger partial charge < -0.3 is 23.3 Å². The Morgan fingerprint density at radius 3 is 2.07 bits per heavy atom. The number of nitrogens with zero attached hydrogens (tertiary/aromatic N) is 1. The summed E-state index contributed by atoms with van der Waals surface area (Å²) >= 11 is 0. The van der Waals surface area contributed by atoms with Crippen LogP contribution in [0.2, 0.25) is 0 Å². The smallest absolute Gasteiger partial charge is 0.357 e. The van der Waals surface area contributed by atoms with Gasteiger partial charge in [0.1, 0.15) is 0 Å². The minimum absolute atomic E-state index is 0.0182. The lowest BCUT2D eigenvalue weighted by atomic mass is 9.99. The monoisotopic (exact) mass is 411 g/mol. The third-order valence-corrected chi connectivity index (χ3v) is 5.35. The molecule has 0 saturated carbocycles. The van der Waals surface area contributed by atoms with Crippen LogP contribution in [0, 0.1) is 0 Å². The molecule has 0 fully saturated rings. The number of rotatable bonds is 8. The van der Waals surface area contributed by atoms with Crippen molar-refractivity contribution in [2.24, 2.45) is 4.99 Å². The van der Waals surface area contributed by atoms with Crippen LogP contribution in [0.4, 0.5) is 0 Å². The lowest BCUT2D eigenvalue weighted by molar-refractivity contribution is -0.162. The van der Waals surface area contributed by atoms with Crippen LogP contribution in [0.15, 0.2) is 46.9 Å². The zero-order chi connectivity index (χ0) is 20.8. The van der Waals surface area contributed by atoms with Crippen molar-refractivity contribution in [2.75, 3.05) is 27.4 Å². The average Bonchev–Trinajstić information content (AvgIpc) is 3.09. The maximum Gasteiger partial charge on any atom is 0.357 e. The standard InChI is InChI=1S/C18H22NO8P/c1-5-25-16(20)18(17(21)26-6-2)14(12-28(22,23-3)24-4)27-15(19-18)13-10-8-7-9-11-13/h7-12H,5-6H2,1-4H3/b14-12-. The fourth-order valence-corrected chi connectivity index (χ4v) is 3.29. The Kier molecular flexibility index (Phi) is 7.12. The molecule has 1 aromatic carbocycles. The topological polar surface area (TPSA) is 110 Å². The molecule has 0 amide bonds. The molecular weight excluding hydrogens is 389 g/mol. The van der Waals surface area contributed by atoms with Gasteiger partial charge in [-0.25, -0.2) is 14.6 Å². The Labute approximate surface area is 162 Å². The highest BCUT2D eigenvalue weighted by Crippen LogP contribution is 2.51. The molecule has 9 nitrogen and oxygen atoms in total. The summed E-state index contributed by atoms with van der Waals surface area (Å²) in [6, 6.07) is 8.59. The second-order valence-corrected chi connectivity index (χ2v) is 7.50. The zero-order valence-electron chi connectivity index (χ0n) is 16.0. The number of carbonyl (C=O) groups excluding carboxylic acids is 2. The summed E-state index contributed by atoms with van der Waals surface area (Å²) in [5, 5.41) is 0. The molecule has 28 heavy (non-hydrogen) atoms. The van der Waals surface area contributed by atoms with Gasteiger partial charge in [-0.2, -0.15) is 0 Å². The molecule has 0 unspecified atom stereocenters. The third kappa shape index (κ3) is 4.16. The molecule has 152 valence electrons. The molecule has 0 atom stereocenters.